The maximum absolute atomic E-state index is 11.3. The van der Waals surface area contributed by atoms with Crippen molar-refractivity contribution in [2.75, 3.05) is 36.2 Å². The third-order valence-corrected chi connectivity index (χ3v) is 7.54. The van der Waals surface area contributed by atoms with E-state index in [0.717, 1.165) is 32.2 Å². The van der Waals surface area contributed by atoms with E-state index in [-0.39, 0.29) is 29.4 Å². The van der Waals surface area contributed by atoms with E-state index in [0.29, 0.717) is 18.8 Å². The van der Waals surface area contributed by atoms with Crippen LogP contribution in [-0.4, -0.2) is 65.1 Å². The quantitative estimate of drug-likeness (QED) is 0.633. The lowest BCUT2D eigenvalue weighted by Gasteiger charge is -2.11. The smallest absolute Gasteiger partial charge is 0.152 e. The normalized spacial score (nSPS) is 30.7. The first-order valence-electron chi connectivity index (χ1n) is 7.62. The van der Waals surface area contributed by atoms with Crippen LogP contribution in [0.2, 0.25) is 0 Å². The highest BCUT2D eigenvalue weighted by molar-refractivity contribution is 7.91. The van der Waals surface area contributed by atoms with Crippen LogP contribution < -0.4 is 5.32 Å². The van der Waals surface area contributed by atoms with Gasteiger partial charge in [-0.2, -0.15) is 0 Å². The zero-order valence-electron chi connectivity index (χ0n) is 12.3. The van der Waals surface area contributed by atoms with E-state index >= 15 is 0 Å². The van der Waals surface area contributed by atoms with Gasteiger partial charge in [0.2, 0.25) is 0 Å². The number of ether oxygens (including phenoxy) is 1. The molecule has 0 aromatic rings. The highest BCUT2D eigenvalue weighted by Gasteiger charge is 2.28. The molecule has 0 aliphatic carbocycles. The van der Waals surface area contributed by atoms with Crippen molar-refractivity contribution in [1.82, 2.24) is 5.32 Å². The second-order valence-electron chi connectivity index (χ2n) is 6.01. The summed E-state index contributed by atoms with van der Waals surface area (Å²) in [7, 11) is -5.65. The van der Waals surface area contributed by atoms with E-state index in [2.05, 4.69) is 5.32 Å². The predicted molar refractivity (Wildman–Crippen MR) is 81.9 cm³/mol. The molecule has 2 fully saturated rings. The van der Waals surface area contributed by atoms with Crippen LogP contribution >= 0.6 is 0 Å². The fraction of sp³-hybridized carbons (Fsp3) is 1.00. The molecular weight excluding hydrogens is 314 g/mol. The van der Waals surface area contributed by atoms with Crippen LogP contribution in [0.5, 0.6) is 0 Å². The molecule has 0 radical (unpaired) electrons. The van der Waals surface area contributed by atoms with Crippen LogP contribution in [0.25, 0.3) is 0 Å². The molecule has 0 bridgehead atoms. The van der Waals surface area contributed by atoms with Gasteiger partial charge in [-0.25, -0.2) is 16.8 Å². The summed E-state index contributed by atoms with van der Waals surface area (Å²) in [6, 6.07) is 0.120. The molecule has 2 aliphatic heterocycles. The van der Waals surface area contributed by atoms with E-state index in [4.69, 9.17) is 4.74 Å². The molecule has 2 aliphatic rings. The molecular formula is C13H25NO5S2. The summed E-state index contributed by atoms with van der Waals surface area (Å²) in [5.41, 5.74) is 0. The first-order chi connectivity index (χ1) is 9.86. The Kier molecular flexibility index (Phi) is 6.05. The minimum atomic E-state index is -2.85. The fourth-order valence-corrected chi connectivity index (χ4v) is 6.13. The average Bonchev–Trinajstić information content (AvgIpc) is 2.90. The molecule has 2 atom stereocenters. The maximum Gasteiger partial charge on any atom is 0.152 e. The Hall–Kier alpha value is -0.180. The standard InChI is InChI=1S/C13H25NO5S2/c15-20(16)8-4-12(10-20)14-6-2-1-3-7-19-13-5-9-21(17,18)11-13/h12-14H,1-11H2/t12-,13+/m1/s1. The van der Waals surface area contributed by atoms with Crippen molar-refractivity contribution < 1.29 is 21.6 Å². The molecule has 6 nitrogen and oxygen atoms in total. The number of nitrogens with one attached hydrogen (secondary N) is 1. The summed E-state index contributed by atoms with van der Waals surface area (Å²) in [5.74, 6) is 1.01. The summed E-state index contributed by atoms with van der Waals surface area (Å²) in [6.45, 7) is 1.44. The van der Waals surface area contributed by atoms with Crippen LogP contribution in [0, 0.1) is 0 Å². The van der Waals surface area contributed by atoms with Crippen molar-refractivity contribution in [3.05, 3.63) is 0 Å². The first kappa shape index (κ1) is 17.2. The molecule has 2 saturated heterocycles. The SMILES string of the molecule is O=S1(=O)CC[C@@H](NCCCCCO[C@H]2CCS(=O)(=O)C2)C1. The molecule has 0 saturated carbocycles. The van der Waals surface area contributed by atoms with Gasteiger partial charge < -0.3 is 10.1 Å². The zero-order valence-corrected chi connectivity index (χ0v) is 13.9. The minimum absolute atomic E-state index is 0.114. The molecule has 0 aromatic carbocycles. The van der Waals surface area contributed by atoms with Gasteiger partial charge in [0.15, 0.2) is 19.7 Å². The van der Waals surface area contributed by atoms with Gasteiger partial charge in [0, 0.05) is 12.6 Å². The van der Waals surface area contributed by atoms with Crippen LogP contribution in [-0.2, 0) is 24.4 Å². The van der Waals surface area contributed by atoms with Crippen LogP contribution in [0.15, 0.2) is 0 Å². The first-order valence-corrected chi connectivity index (χ1v) is 11.3. The van der Waals surface area contributed by atoms with Gasteiger partial charge in [-0.1, -0.05) is 0 Å². The van der Waals surface area contributed by atoms with Gasteiger partial charge in [-0.3, -0.25) is 0 Å². The second-order valence-corrected chi connectivity index (χ2v) is 10.5. The van der Waals surface area contributed by atoms with Crippen molar-refractivity contribution in [3.63, 3.8) is 0 Å². The van der Waals surface area contributed by atoms with Gasteiger partial charge in [0.25, 0.3) is 0 Å². The molecule has 1 N–H and O–H groups in total. The summed E-state index contributed by atoms with van der Waals surface area (Å²) in [5, 5.41) is 3.28. The largest absolute Gasteiger partial charge is 0.377 e. The van der Waals surface area contributed by atoms with Gasteiger partial charge in [0.05, 0.1) is 29.1 Å². The maximum atomic E-state index is 11.3. The van der Waals surface area contributed by atoms with Crippen molar-refractivity contribution in [2.45, 2.75) is 44.2 Å². The number of rotatable bonds is 8. The molecule has 2 heterocycles. The van der Waals surface area contributed by atoms with Gasteiger partial charge in [-0.15, -0.1) is 0 Å². The second kappa shape index (κ2) is 7.39. The van der Waals surface area contributed by atoms with Gasteiger partial charge in [-0.05, 0) is 38.6 Å². The monoisotopic (exact) mass is 339 g/mol. The number of hydrogen-bond acceptors (Lipinski definition) is 6. The highest BCUT2D eigenvalue weighted by atomic mass is 32.2. The molecule has 0 spiro atoms. The Morgan fingerprint density at radius 1 is 0.905 bits per heavy atom. The molecule has 0 aromatic heterocycles. The zero-order chi connectivity index (χ0) is 15.3. The number of sulfone groups is 2. The van der Waals surface area contributed by atoms with Crippen molar-refractivity contribution in [3.8, 4) is 0 Å². The third-order valence-electron chi connectivity index (χ3n) is 4.03. The molecule has 124 valence electrons. The molecule has 0 amide bonds. The topological polar surface area (TPSA) is 89.5 Å². The Balaban J connectivity index is 1.44. The fourth-order valence-electron chi connectivity index (χ4n) is 2.81. The molecule has 2 rings (SSSR count). The molecule has 8 heteroatoms. The lowest BCUT2D eigenvalue weighted by atomic mass is 10.2. The lowest BCUT2D eigenvalue weighted by Crippen LogP contribution is -2.30. The van der Waals surface area contributed by atoms with E-state index in [1.165, 1.54) is 0 Å². The Bertz CT molecular complexity index is 481. The van der Waals surface area contributed by atoms with E-state index in [9.17, 15) is 16.8 Å². The summed E-state index contributed by atoms with van der Waals surface area (Å²) >= 11 is 0. The van der Waals surface area contributed by atoms with Crippen LogP contribution in [0.4, 0.5) is 0 Å². The summed E-state index contributed by atoms with van der Waals surface area (Å²) in [6.07, 6.45) is 4.15. The average molecular weight is 339 g/mol. The molecule has 0 unspecified atom stereocenters. The molecule has 21 heavy (non-hydrogen) atoms. The van der Waals surface area contributed by atoms with Crippen molar-refractivity contribution in [1.29, 1.82) is 0 Å². The van der Waals surface area contributed by atoms with Gasteiger partial charge in [0.1, 0.15) is 0 Å². The Labute approximate surface area is 127 Å². The van der Waals surface area contributed by atoms with Crippen LogP contribution in [0.3, 0.4) is 0 Å². The number of unbranched alkanes of at least 4 members (excludes halogenated alkanes) is 2. The van der Waals surface area contributed by atoms with Gasteiger partial charge >= 0.3 is 0 Å². The lowest BCUT2D eigenvalue weighted by molar-refractivity contribution is 0.0680. The predicted octanol–water partition coefficient (Wildman–Crippen LogP) is 0.137. The third kappa shape index (κ3) is 6.22. The summed E-state index contributed by atoms with van der Waals surface area (Å²) < 4.78 is 50.7. The number of hydrogen-bond donors (Lipinski definition) is 1. The van der Waals surface area contributed by atoms with Crippen molar-refractivity contribution >= 4 is 19.7 Å². The highest BCUT2D eigenvalue weighted by Crippen LogP contribution is 2.15. The van der Waals surface area contributed by atoms with Crippen molar-refractivity contribution in [2.24, 2.45) is 0 Å². The van der Waals surface area contributed by atoms with E-state index < -0.39 is 19.7 Å². The summed E-state index contributed by atoms with van der Waals surface area (Å²) in [4.78, 5) is 0. The Morgan fingerprint density at radius 2 is 1.62 bits per heavy atom. The Morgan fingerprint density at radius 3 is 2.24 bits per heavy atom. The van der Waals surface area contributed by atoms with E-state index in [1.54, 1.807) is 0 Å². The van der Waals surface area contributed by atoms with E-state index in [1.807, 2.05) is 0 Å². The minimum Gasteiger partial charge on any atom is -0.377 e. The van der Waals surface area contributed by atoms with Crippen LogP contribution in [0.1, 0.15) is 32.1 Å².